The first-order chi connectivity index (χ1) is 7.52. The number of likely N-dealkylation sites (N-methyl/N-ethyl adjacent to an activating group) is 1. The molecule has 0 saturated heterocycles. The molecule has 0 heterocycles. The maximum Gasteiger partial charge on any atom is 0.166 e. The second-order valence-electron chi connectivity index (χ2n) is 3.21. The van der Waals surface area contributed by atoms with E-state index in [-0.39, 0.29) is 22.9 Å². The van der Waals surface area contributed by atoms with Crippen molar-refractivity contribution in [1.29, 1.82) is 0 Å². The van der Waals surface area contributed by atoms with Crippen LogP contribution in [0, 0.1) is 5.82 Å². The number of nitrogens with one attached hydrogen (secondary N) is 1. The summed E-state index contributed by atoms with van der Waals surface area (Å²) >= 11 is 5.62. The van der Waals surface area contributed by atoms with Crippen LogP contribution >= 0.6 is 11.6 Å². The second-order valence-corrected chi connectivity index (χ2v) is 3.62. The Hall–Kier alpha value is -1.04. The van der Waals surface area contributed by atoms with Crippen molar-refractivity contribution < 1.29 is 19.3 Å². The number of rotatable bonds is 4. The molecule has 16 heavy (non-hydrogen) atoms. The van der Waals surface area contributed by atoms with E-state index in [1.54, 1.807) is 7.05 Å². The van der Waals surface area contributed by atoms with Crippen molar-refractivity contribution in [2.75, 3.05) is 20.7 Å². The minimum Gasteiger partial charge on any atom is -0.504 e. The molecule has 0 spiro atoms. The predicted octanol–water partition coefficient (Wildman–Crippen LogP) is 1.45. The van der Waals surface area contributed by atoms with Crippen LogP contribution in [-0.4, -0.2) is 30.9 Å². The van der Waals surface area contributed by atoms with Crippen molar-refractivity contribution in [1.82, 2.24) is 5.32 Å². The molecule has 1 aromatic carbocycles. The van der Waals surface area contributed by atoms with Gasteiger partial charge in [-0.1, -0.05) is 11.6 Å². The van der Waals surface area contributed by atoms with Crippen molar-refractivity contribution >= 4 is 11.6 Å². The van der Waals surface area contributed by atoms with Crippen molar-refractivity contribution in [3.63, 3.8) is 0 Å². The molecule has 0 amide bonds. The fourth-order valence-corrected chi connectivity index (χ4v) is 1.57. The van der Waals surface area contributed by atoms with E-state index in [2.05, 4.69) is 5.32 Å². The monoisotopic (exact) mass is 249 g/mol. The fraction of sp³-hybridized carbons (Fsp3) is 0.400. The number of ether oxygens (including phenoxy) is 1. The number of halogens is 2. The normalized spacial score (nSPS) is 12.6. The highest BCUT2D eigenvalue weighted by atomic mass is 35.5. The Bertz CT molecular complexity index is 387. The molecule has 3 N–H and O–H groups in total. The van der Waals surface area contributed by atoms with Gasteiger partial charge in [-0.2, -0.15) is 0 Å². The highest BCUT2D eigenvalue weighted by molar-refractivity contribution is 6.31. The number of methoxy groups -OCH3 is 1. The van der Waals surface area contributed by atoms with Crippen LogP contribution in [0.2, 0.25) is 5.02 Å². The number of aliphatic hydroxyl groups is 1. The van der Waals surface area contributed by atoms with E-state index in [1.807, 2.05) is 0 Å². The molecule has 0 aliphatic heterocycles. The van der Waals surface area contributed by atoms with Crippen LogP contribution in [0.4, 0.5) is 4.39 Å². The largest absolute Gasteiger partial charge is 0.504 e. The van der Waals surface area contributed by atoms with Crippen LogP contribution in [0.5, 0.6) is 11.5 Å². The average molecular weight is 250 g/mol. The van der Waals surface area contributed by atoms with E-state index >= 15 is 0 Å². The van der Waals surface area contributed by atoms with E-state index in [1.165, 1.54) is 7.11 Å². The van der Waals surface area contributed by atoms with Gasteiger partial charge in [0, 0.05) is 12.6 Å². The topological polar surface area (TPSA) is 61.7 Å². The molecule has 0 aliphatic carbocycles. The molecule has 0 radical (unpaired) electrons. The first kappa shape index (κ1) is 13.0. The third-order valence-corrected chi connectivity index (χ3v) is 2.42. The van der Waals surface area contributed by atoms with Crippen molar-refractivity contribution in [3.8, 4) is 11.5 Å². The summed E-state index contributed by atoms with van der Waals surface area (Å²) in [5, 5.41) is 21.8. The van der Waals surface area contributed by atoms with Gasteiger partial charge in [0.25, 0.3) is 0 Å². The summed E-state index contributed by atoms with van der Waals surface area (Å²) in [5.74, 6) is -1.26. The lowest BCUT2D eigenvalue weighted by Crippen LogP contribution is -2.18. The van der Waals surface area contributed by atoms with E-state index < -0.39 is 17.7 Å². The molecule has 0 fully saturated rings. The predicted molar refractivity (Wildman–Crippen MR) is 58.5 cm³/mol. The van der Waals surface area contributed by atoms with E-state index in [9.17, 15) is 14.6 Å². The number of phenolic OH excluding ortho intramolecular Hbond substituents is 1. The first-order valence-corrected chi connectivity index (χ1v) is 4.98. The molecule has 0 aliphatic rings. The molecule has 4 nitrogen and oxygen atoms in total. The van der Waals surface area contributed by atoms with Gasteiger partial charge in [-0.05, 0) is 7.05 Å². The molecule has 90 valence electrons. The molecule has 1 aromatic rings. The zero-order chi connectivity index (χ0) is 12.3. The summed E-state index contributed by atoms with van der Waals surface area (Å²) in [7, 11) is 2.91. The lowest BCUT2D eigenvalue weighted by molar-refractivity contribution is 0.168. The third kappa shape index (κ3) is 2.37. The standard InChI is InChI=1S/C10H13ClFNO3/c1-13-4-6(14)8-9(12)5(11)3-7(16-2)10(8)15/h3,6,13-15H,4H2,1-2H3. The zero-order valence-electron chi connectivity index (χ0n) is 8.92. The number of aromatic hydroxyl groups is 1. The number of aliphatic hydroxyl groups excluding tert-OH is 1. The lowest BCUT2D eigenvalue weighted by Gasteiger charge is -2.16. The van der Waals surface area contributed by atoms with Gasteiger partial charge in [0.05, 0.1) is 23.8 Å². The third-order valence-electron chi connectivity index (χ3n) is 2.14. The maximum atomic E-state index is 13.6. The molecule has 0 bridgehead atoms. The molecule has 1 rings (SSSR count). The van der Waals surface area contributed by atoms with Crippen LogP contribution in [0.3, 0.4) is 0 Å². The van der Waals surface area contributed by atoms with Crippen LogP contribution in [-0.2, 0) is 0 Å². The van der Waals surface area contributed by atoms with Gasteiger partial charge in [-0.25, -0.2) is 4.39 Å². The van der Waals surface area contributed by atoms with Gasteiger partial charge >= 0.3 is 0 Å². The summed E-state index contributed by atoms with van der Waals surface area (Å²) in [4.78, 5) is 0. The molecule has 0 saturated carbocycles. The highest BCUT2D eigenvalue weighted by Gasteiger charge is 2.23. The van der Waals surface area contributed by atoms with E-state index in [0.717, 1.165) is 6.07 Å². The SMILES string of the molecule is CNCC(O)c1c(O)c(OC)cc(Cl)c1F. The highest BCUT2D eigenvalue weighted by Crippen LogP contribution is 2.39. The van der Waals surface area contributed by atoms with Gasteiger partial charge in [-0.15, -0.1) is 0 Å². The zero-order valence-corrected chi connectivity index (χ0v) is 9.68. The minimum absolute atomic E-state index is 0.0246. The van der Waals surface area contributed by atoms with Gasteiger partial charge in [-0.3, -0.25) is 0 Å². The summed E-state index contributed by atoms with van der Waals surface area (Å²) < 4.78 is 18.4. The Kier molecular flexibility index (Phi) is 4.35. The van der Waals surface area contributed by atoms with Crippen molar-refractivity contribution in [3.05, 3.63) is 22.5 Å². The number of phenols is 1. The Morgan fingerprint density at radius 1 is 1.62 bits per heavy atom. The van der Waals surface area contributed by atoms with Crippen molar-refractivity contribution in [2.24, 2.45) is 0 Å². The van der Waals surface area contributed by atoms with Gasteiger partial charge in [0.2, 0.25) is 0 Å². The summed E-state index contributed by atoms with van der Waals surface area (Å²) in [5.41, 5.74) is -0.265. The molecule has 1 atom stereocenters. The van der Waals surface area contributed by atoms with Crippen LogP contribution in [0.1, 0.15) is 11.7 Å². The smallest absolute Gasteiger partial charge is 0.166 e. The van der Waals surface area contributed by atoms with Gasteiger partial charge < -0.3 is 20.3 Å². The maximum absolute atomic E-state index is 13.6. The van der Waals surface area contributed by atoms with Crippen molar-refractivity contribution in [2.45, 2.75) is 6.10 Å². The molecule has 1 unspecified atom stereocenters. The Labute approximate surface area is 97.6 Å². The molecular formula is C10H13ClFNO3. The van der Waals surface area contributed by atoms with Crippen LogP contribution in [0.15, 0.2) is 6.07 Å². The average Bonchev–Trinajstić information content (AvgIpc) is 2.24. The quantitative estimate of drug-likeness (QED) is 0.756. The minimum atomic E-state index is -1.20. The number of benzene rings is 1. The fourth-order valence-electron chi connectivity index (χ4n) is 1.37. The Morgan fingerprint density at radius 3 is 2.75 bits per heavy atom. The molecule has 6 heteroatoms. The summed E-state index contributed by atoms with van der Waals surface area (Å²) in [6.07, 6.45) is -1.20. The van der Waals surface area contributed by atoms with Crippen LogP contribution in [0.25, 0.3) is 0 Å². The van der Waals surface area contributed by atoms with Gasteiger partial charge in [0.1, 0.15) is 0 Å². The second kappa shape index (κ2) is 5.34. The summed E-state index contributed by atoms with van der Waals surface area (Å²) in [6, 6.07) is 1.15. The molecule has 0 aromatic heterocycles. The first-order valence-electron chi connectivity index (χ1n) is 4.60. The summed E-state index contributed by atoms with van der Waals surface area (Å²) in [6.45, 7) is 0.0912. The van der Waals surface area contributed by atoms with Crippen LogP contribution < -0.4 is 10.1 Å². The number of hydrogen-bond acceptors (Lipinski definition) is 4. The Balaban J connectivity index is 3.29. The van der Waals surface area contributed by atoms with E-state index in [4.69, 9.17) is 16.3 Å². The number of hydrogen-bond donors (Lipinski definition) is 3. The molecular weight excluding hydrogens is 237 g/mol. The lowest BCUT2D eigenvalue weighted by atomic mass is 10.1. The van der Waals surface area contributed by atoms with E-state index in [0.29, 0.717) is 0 Å². The Morgan fingerprint density at radius 2 is 2.25 bits per heavy atom. The van der Waals surface area contributed by atoms with Gasteiger partial charge in [0.15, 0.2) is 17.3 Å².